The topological polar surface area (TPSA) is 73.6 Å². The zero-order valence-electron chi connectivity index (χ0n) is 10.4. The van der Waals surface area contributed by atoms with Crippen LogP contribution in [0.5, 0.6) is 0 Å². The Hall–Kier alpha value is -0.650. The number of primary amides is 1. The van der Waals surface area contributed by atoms with E-state index < -0.39 is 5.54 Å². The Morgan fingerprint density at radius 1 is 1.59 bits per heavy atom. The molecule has 3 N–H and O–H groups in total. The Morgan fingerprint density at radius 3 is 2.94 bits per heavy atom. The molecular formula is C12H22N2O3. The summed E-state index contributed by atoms with van der Waals surface area (Å²) in [6, 6.07) is 0. The van der Waals surface area contributed by atoms with Gasteiger partial charge in [0.1, 0.15) is 0 Å². The van der Waals surface area contributed by atoms with E-state index in [1.54, 1.807) is 7.05 Å². The normalized spacial score (nSPS) is 37.5. The largest absolute Gasteiger partial charge is 0.376 e. The highest BCUT2D eigenvalue weighted by Gasteiger charge is 2.43. The zero-order valence-corrected chi connectivity index (χ0v) is 10.4. The third kappa shape index (κ3) is 2.78. The summed E-state index contributed by atoms with van der Waals surface area (Å²) < 4.78 is 11.3. The SMILES string of the molecule is CNC1(C(N)=O)CCC(OCC2CCCO2)C1. The summed E-state index contributed by atoms with van der Waals surface area (Å²) in [6.45, 7) is 1.49. The molecule has 1 saturated heterocycles. The maximum absolute atomic E-state index is 11.4. The lowest BCUT2D eigenvalue weighted by atomic mass is 9.97. The van der Waals surface area contributed by atoms with Gasteiger partial charge >= 0.3 is 0 Å². The second-order valence-electron chi connectivity index (χ2n) is 5.03. The molecule has 17 heavy (non-hydrogen) atoms. The molecule has 1 saturated carbocycles. The molecule has 3 atom stereocenters. The Bertz CT molecular complexity index is 279. The molecule has 5 nitrogen and oxygen atoms in total. The number of amides is 1. The van der Waals surface area contributed by atoms with Gasteiger partial charge in [0.15, 0.2) is 0 Å². The fourth-order valence-corrected chi connectivity index (χ4v) is 2.74. The molecule has 1 aliphatic heterocycles. The Morgan fingerprint density at radius 2 is 2.41 bits per heavy atom. The van der Waals surface area contributed by atoms with Crippen LogP contribution in [0.4, 0.5) is 0 Å². The second kappa shape index (κ2) is 5.33. The number of rotatable bonds is 5. The van der Waals surface area contributed by atoms with Crippen molar-refractivity contribution in [2.45, 2.75) is 49.9 Å². The average molecular weight is 242 g/mol. The van der Waals surface area contributed by atoms with Gasteiger partial charge in [-0.25, -0.2) is 0 Å². The molecule has 1 aliphatic carbocycles. The molecule has 0 radical (unpaired) electrons. The number of ether oxygens (including phenoxy) is 2. The quantitative estimate of drug-likeness (QED) is 0.721. The van der Waals surface area contributed by atoms with Gasteiger partial charge in [-0.05, 0) is 32.7 Å². The third-order valence-electron chi connectivity index (χ3n) is 3.96. The molecule has 2 fully saturated rings. The average Bonchev–Trinajstić information content (AvgIpc) is 2.96. The maximum Gasteiger partial charge on any atom is 0.237 e. The van der Waals surface area contributed by atoms with Gasteiger partial charge in [-0.3, -0.25) is 4.79 Å². The zero-order chi connectivity index (χ0) is 12.3. The second-order valence-corrected chi connectivity index (χ2v) is 5.03. The van der Waals surface area contributed by atoms with E-state index in [0.29, 0.717) is 13.0 Å². The Kier molecular flexibility index (Phi) is 4.01. The third-order valence-corrected chi connectivity index (χ3v) is 3.96. The molecule has 2 rings (SSSR count). The van der Waals surface area contributed by atoms with E-state index >= 15 is 0 Å². The lowest BCUT2D eigenvalue weighted by molar-refractivity contribution is -0.124. The number of hydrogen-bond donors (Lipinski definition) is 2. The predicted molar refractivity (Wildman–Crippen MR) is 63.6 cm³/mol. The summed E-state index contributed by atoms with van der Waals surface area (Å²) in [4.78, 5) is 11.4. The highest BCUT2D eigenvalue weighted by atomic mass is 16.5. The van der Waals surface area contributed by atoms with Gasteiger partial charge in [-0.1, -0.05) is 0 Å². The molecule has 0 aromatic carbocycles. The summed E-state index contributed by atoms with van der Waals surface area (Å²) >= 11 is 0. The van der Waals surface area contributed by atoms with Crippen molar-refractivity contribution in [2.75, 3.05) is 20.3 Å². The molecule has 98 valence electrons. The van der Waals surface area contributed by atoms with Crippen molar-refractivity contribution in [1.82, 2.24) is 5.32 Å². The summed E-state index contributed by atoms with van der Waals surface area (Å²) in [6.07, 6.45) is 4.89. The number of nitrogens with two attached hydrogens (primary N) is 1. The van der Waals surface area contributed by atoms with Gasteiger partial charge in [0.05, 0.1) is 24.4 Å². The highest BCUT2D eigenvalue weighted by molar-refractivity contribution is 5.85. The Labute approximate surface area is 102 Å². The van der Waals surface area contributed by atoms with E-state index in [9.17, 15) is 4.79 Å². The van der Waals surface area contributed by atoms with E-state index in [1.807, 2.05) is 0 Å². The van der Waals surface area contributed by atoms with E-state index in [2.05, 4.69) is 5.32 Å². The minimum Gasteiger partial charge on any atom is -0.376 e. The number of hydrogen-bond acceptors (Lipinski definition) is 4. The fourth-order valence-electron chi connectivity index (χ4n) is 2.74. The predicted octanol–water partition coefficient (Wildman–Crippen LogP) is 0.178. The molecule has 0 spiro atoms. The lowest BCUT2D eigenvalue weighted by Gasteiger charge is -2.25. The standard InChI is InChI=1S/C12H22N2O3/c1-14-12(11(13)15)5-4-9(7-12)17-8-10-3-2-6-16-10/h9-10,14H,2-8H2,1H3,(H2,13,15). The summed E-state index contributed by atoms with van der Waals surface area (Å²) in [7, 11) is 1.78. The van der Waals surface area contributed by atoms with Crippen LogP contribution in [-0.2, 0) is 14.3 Å². The monoisotopic (exact) mass is 242 g/mol. The summed E-state index contributed by atoms with van der Waals surface area (Å²) in [5.41, 5.74) is 4.87. The number of carbonyl (C=O) groups is 1. The maximum atomic E-state index is 11.4. The first-order valence-electron chi connectivity index (χ1n) is 6.38. The molecule has 2 aliphatic rings. The molecule has 0 bridgehead atoms. The fraction of sp³-hybridized carbons (Fsp3) is 0.917. The van der Waals surface area contributed by atoms with Crippen molar-refractivity contribution in [1.29, 1.82) is 0 Å². The number of carbonyl (C=O) groups excluding carboxylic acids is 1. The number of nitrogens with one attached hydrogen (secondary N) is 1. The van der Waals surface area contributed by atoms with E-state index in [4.69, 9.17) is 15.2 Å². The van der Waals surface area contributed by atoms with Crippen LogP contribution >= 0.6 is 0 Å². The van der Waals surface area contributed by atoms with Gasteiger partial charge in [-0.2, -0.15) is 0 Å². The molecule has 1 amide bonds. The van der Waals surface area contributed by atoms with Crippen molar-refractivity contribution in [3.05, 3.63) is 0 Å². The summed E-state index contributed by atoms with van der Waals surface area (Å²) in [5.74, 6) is -0.275. The van der Waals surface area contributed by atoms with Crippen molar-refractivity contribution in [2.24, 2.45) is 5.73 Å². The molecule has 5 heteroatoms. The van der Waals surface area contributed by atoms with E-state index in [1.165, 1.54) is 0 Å². The van der Waals surface area contributed by atoms with Gasteiger partial charge in [0.2, 0.25) is 5.91 Å². The highest BCUT2D eigenvalue weighted by Crippen LogP contribution is 2.32. The first-order valence-corrected chi connectivity index (χ1v) is 6.38. The summed E-state index contributed by atoms with van der Waals surface area (Å²) in [5, 5.41) is 3.05. The van der Waals surface area contributed by atoms with Crippen molar-refractivity contribution >= 4 is 5.91 Å². The first kappa shape index (κ1) is 12.8. The van der Waals surface area contributed by atoms with E-state index in [-0.39, 0.29) is 18.1 Å². The van der Waals surface area contributed by atoms with Crippen molar-refractivity contribution < 1.29 is 14.3 Å². The Balaban J connectivity index is 1.78. The van der Waals surface area contributed by atoms with Crippen LogP contribution in [0.3, 0.4) is 0 Å². The lowest BCUT2D eigenvalue weighted by Crippen LogP contribution is -2.52. The van der Waals surface area contributed by atoms with Crippen LogP contribution < -0.4 is 11.1 Å². The van der Waals surface area contributed by atoms with Gasteiger partial charge in [0, 0.05) is 13.0 Å². The minimum atomic E-state index is -0.568. The number of likely N-dealkylation sites (N-methyl/N-ethyl adjacent to an activating group) is 1. The van der Waals surface area contributed by atoms with Crippen molar-refractivity contribution in [3.8, 4) is 0 Å². The minimum absolute atomic E-state index is 0.124. The molecule has 3 unspecified atom stereocenters. The van der Waals surface area contributed by atoms with Crippen molar-refractivity contribution in [3.63, 3.8) is 0 Å². The molecule has 0 aromatic rings. The van der Waals surface area contributed by atoms with Crippen LogP contribution in [-0.4, -0.2) is 43.9 Å². The van der Waals surface area contributed by atoms with Crippen LogP contribution in [0, 0.1) is 0 Å². The molecule has 1 heterocycles. The van der Waals surface area contributed by atoms with Gasteiger partial charge in [-0.15, -0.1) is 0 Å². The van der Waals surface area contributed by atoms with Crippen LogP contribution in [0.1, 0.15) is 32.1 Å². The van der Waals surface area contributed by atoms with Crippen LogP contribution in [0.15, 0.2) is 0 Å². The van der Waals surface area contributed by atoms with Gasteiger partial charge in [0.25, 0.3) is 0 Å². The van der Waals surface area contributed by atoms with E-state index in [0.717, 1.165) is 32.3 Å². The first-order chi connectivity index (χ1) is 8.16. The smallest absolute Gasteiger partial charge is 0.237 e. The van der Waals surface area contributed by atoms with Gasteiger partial charge < -0.3 is 20.5 Å². The van der Waals surface area contributed by atoms with Crippen LogP contribution in [0.2, 0.25) is 0 Å². The molecule has 0 aromatic heterocycles. The molecular weight excluding hydrogens is 220 g/mol. The van der Waals surface area contributed by atoms with Crippen LogP contribution in [0.25, 0.3) is 0 Å².